The first-order chi connectivity index (χ1) is 13.4. The minimum Gasteiger partial charge on any atom is -0.368 e. The SMILES string of the molecule is NC(=O)[C@@H](c1ccccc1)N(Cc1ccccc1)S(=O)(=O)c1ccc(Br)cc1. The highest BCUT2D eigenvalue weighted by Crippen LogP contribution is 2.30. The van der Waals surface area contributed by atoms with E-state index in [2.05, 4.69) is 15.9 Å². The van der Waals surface area contributed by atoms with Crippen LogP contribution >= 0.6 is 15.9 Å². The Labute approximate surface area is 173 Å². The third kappa shape index (κ3) is 4.49. The van der Waals surface area contributed by atoms with E-state index in [1.54, 1.807) is 42.5 Å². The number of nitrogens with zero attached hydrogens (tertiary/aromatic N) is 1. The Balaban J connectivity index is 2.13. The second-order valence-electron chi connectivity index (χ2n) is 6.21. The van der Waals surface area contributed by atoms with Gasteiger partial charge in [0, 0.05) is 11.0 Å². The summed E-state index contributed by atoms with van der Waals surface area (Å²) >= 11 is 3.31. The molecule has 1 amide bonds. The van der Waals surface area contributed by atoms with E-state index in [-0.39, 0.29) is 11.4 Å². The number of halogens is 1. The first-order valence-corrected chi connectivity index (χ1v) is 10.8. The number of primary amides is 1. The molecule has 0 aromatic heterocycles. The highest BCUT2D eigenvalue weighted by Gasteiger charge is 2.36. The molecule has 0 aliphatic heterocycles. The third-order valence-electron chi connectivity index (χ3n) is 4.27. The summed E-state index contributed by atoms with van der Waals surface area (Å²) in [5.41, 5.74) is 6.94. The zero-order valence-electron chi connectivity index (χ0n) is 14.9. The molecule has 0 aliphatic rings. The molecule has 0 saturated carbocycles. The van der Waals surface area contributed by atoms with E-state index in [9.17, 15) is 13.2 Å². The monoisotopic (exact) mass is 458 g/mol. The summed E-state index contributed by atoms with van der Waals surface area (Å²) in [5, 5.41) is 0. The molecule has 5 nitrogen and oxygen atoms in total. The molecule has 1 atom stereocenters. The van der Waals surface area contributed by atoms with Gasteiger partial charge in [0.25, 0.3) is 0 Å². The first-order valence-electron chi connectivity index (χ1n) is 8.55. The Bertz CT molecular complexity index is 1040. The average Bonchev–Trinajstić information content (AvgIpc) is 2.69. The molecule has 7 heteroatoms. The summed E-state index contributed by atoms with van der Waals surface area (Å²) in [5.74, 6) is -0.734. The van der Waals surface area contributed by atoms with Crippen LogP contribution in [0, 0.1) is 0 Å². The van der Waals surface area contributed by atoms with Crippen molar-refractivity contribution in [2.75, 3.05) is 0 Å². The van der Waals surface area contributed by atoms with Gasteiger partial charge in [0.15, 0.2) is 0 Å². The second-order valence-corrected chi connectivity index (χ2v) is 9.01. The van der Waals surface area contributed by atoms with Crippen LogP contribution in [0.4, 0.5) is 0 Å². The molecule has 0 fully saturated rings. The van der Waals surface area contributed by atoms with Crippen molar-refractivity contribution in [3.8, 4) is 0 Å². The smallest absolute Gasteiger partial charge is 0.244 e. The summed E-state index contributed by atoms with van der Waals surface area (Å²) in [6, 6.07) is 23.0. The van der Waals surface area contributed by atoms with Gasteiger partial charge in [-0.15, -0.1) is 0 Å². The lowest BCUT2D eigenvalue weighted by atomic mass is 10.1. The predicted molar refractivity (Wildman–Crippen MR) is 112 cm³/mol. The van der Waals surface area contributed by atoms with Gasteiger partial charge in [0.2, 0.25) is 15.9 Å². The zero-order chi connectivity index (χ0) is 20.1. The fourth-order valence-electron chi connectivity index (χ4n) is 2.93. The van der Waals surface area contributed by atoms with Gasteiger partial charge in [0.1, 0.15) is 6.04 Å². The predicted octanol–water partition coefficient (Wildman–Crippen LogP) is 3.87. The highest BCUT2D eigenvalue weighted by molar-refractivity contribution is 9.10. The maximum absolute atomic E-state index is 13.5. The molecule has 3 rings (SSSR count). The maximum atomic E-state index is 13.5. The molecule has 144 valence electrons. The summed E-state index contributed by atoms with van der Waals surface area (Å²) in [6.45, 7) is 0.0156. The van der Waals surface area contributed by atoms with Gasteiger partial charge >= 0.3 is 0 Å². The first kappa shape index (κ1) is 20.3. The van der Waals surface area contributed by atoms with Gasteiger partial charge < -0.3 is 5.73 Å². The van der Waals surface area contributed by atoms with Crippen LogP contribution in [0.5, 0.6) is 0 Å². The molecule has 0 aliphatic carbocycles. The largest absolute Gasteiger partial charge is 0.368 e. The maximum Gasteiger partial charge on any atom is 0.244 e. The molecule has 0 unspecified atom stereocenters. The summed E-state index contributed by atoms with van der Waals surface area (Å²) in [6.07, 6.45) is 0. The van der Waals surface area contributed by atoms with Crippen molar-refractivity contribution in [2.45, 2.75) is 17.5 Å². The van der Waals surface area contributed by atoms with E-state index in [0.29, 0.717) is 5.56 Å². The molecule has 3 aromatic carbocycles. The second kappa shape index (κ2) is 8.68. The zero-order valence-corrected chi connectivity index (χ0v) is 17.3. The van der Waals surface area contributed by atoms with E-state index in [1.807, 2.05) is 30.3 Å². The molecule has 0 saturated heterocycles. The highest BCUT2D eigenvalue weighted by atomic mass is 79.9. The van der Waals surface area contributed by atoms with E-state index in [4.69, 9.17) is 5.73 Å². The number of carbonyl (C=O) groups is 1. The number of amides is 1. The Kier molecular flexibility index (Phi) is 6.28. The topological polar surface area (TPSA) is 80.5 Å². The number of sulfonamides is 1. The number of nitrogens with two attached hydrogens (primary N) is 1. The van der Waals surface area contributed by atoms with Gasteiger partial charge in [-0.3, -0.25) is 4.79 Å². The van der Waals surface area contributed by atoms with Crippen molar-refractivity contribution in [1.82, 2.24) is 4.31 Å². The number of hydrogen-bond acceptors (Lipinski definition) is 3. The van der Waals surface area contributed by atoms with Crippen LogP contribution < -0.4 is 5.73 Å². The van der Waals surface area contributed by atoms with Crippen molar-refractivity contribution < 1.29 is 13.2 Å². The lowest BCUT2D eigenvalue weighted by Crippen LogP contribution is -2.41. The van der Waals surface area contributed by atoms with Gasteiger partial charge in [-0.1, -0.05) is 76.6 Å². The van der Waals surface area contributed by atoms with Gasteiger partial charge in [-0.05, 0) is 35.4 Å². The molecule has 0 spiro atoms. The third-order valence-corrected chi connectivity index (χ3v) is 6.63. The number of rotatable bonds is 7. The van der Waals surface area contributed by atoms with E-state index in [0.717, 1.165) is 14.3 Å². The Morgan fingerprint density at radius 3 is 1.96 bits per heavy atom. The van der Waals surface area contributed by atoms with Crippen molar-refractivity contribution in [3.05, 3.63) is 101 Å². The minimum atomic E-state index is -4.00. The molecular weight excluding hydrogens is 440 g/mol. The fraction of sp³-hybridized carbons (Fsp3) is 0.0952. The standard InChI is InChI=1S/C21H19BrN2O3S/c22-18-11-13-19(14-12-18)28(26,27)24(15-16-7-3-1-4-8-16)20(21(23)25)17-9-5-2-6-10-17/h1-14,20H,15H2,(H2,23,25)/t20-/m1/s1. The van der Waals surface area contributed by atoms with Gasteiger partial charge in [0.05, 0.1) is 4.90 Å². The molecule has 28 heavy (non-hydrogen) atoms. The van der Waals surface area contributed by atoms with E-state index >= 15 is 0 Å². The number of benzene rings is 3. The number of hydrogen-bond donors (Lipinski definition) is 1. The van der Waals surface area contributed by atoms with Crippen molar-refractivity contribution in [3.63, 3.8) is 0 Å². The van der Waals surface area contributed by atoms with Crippen LogP contribution in [0.3, 0.4) is 0 Å². The van der Waals surface area contributed by atoms with Crippen LogP contribution in [-0.2, 0) is 21.4 Å². The molecule has 2 N–H and O–H groups in total. The lowest BCUT2D eigenvalue weighted by Gasteiger charge is -2.29. The van der Waals surface area contributed by atoms with Gasteiger partial charge in [-0.2, -0.15) is 4.31 Å². The summed E-state index contributed by atoms with van der Waals surface area (Å²) in [4.78, 5) is 12.5. The molecule has 3 aromatic rings. The average molecular weight is 459 g/mol. The molecule has 0 bridgehead atoms. The Morgan fingerprint density at radius 1 is 0.893 bits per heavy atom. The van der Waals surface area contributed by atoms with Crippen molar-refractivity contribution >= 4 is 31.9 Å². The quantitative estimate of drug-likeness (QED) is 0.583. The van der Waals surface area contributed by atoms with Crippen molar-refractivity contribution in [1.29, 1.82) is 0 Å². The minimum absolute atomic E-state index is 0.0156. The molecule has 0 radical (unpaired) electrons. The van der Waals surface area contributed by atoms with Crippen LogP contribution in [0.15, 0.2) is 94.3 Å². The molecular formula is C21H19BrN2O3S. The van der Waals surface area contributed by atoms with Gasteiger partial charge in [-0.25, -0.2) is 8.42 Å². The fourth-order valence-corrected chi connectivity index (χ4v) is 4.77. The summed E-state index contributed by atoms with van der Waals surface area (Å²) < 4.78 is 28.9. The number of carbonyl (C=O) groups excluding carboxylic acids is 1. The normalized spacial score (nSPS) is 12.6. The van der Waals surface area contributed by atoms with Crippen LogP contribution in [0.2, 0.25) is 0 Å². The lowest BCUT2D eigenvalue weighted by molar-refractivity contribution is -0.122. The molecule has 0 heterocycles. The Hall–Kier alpha value is -2.48. The Morgan fingerprint density at radius 2 is 1.43 bits per heavy atom. The van der Waals surface area contributed by atoms with Crippen LogP contribution in [0.25, 0.3) is 0 Å². The van der Waals surface area contributed by atoms with Crippen molar-refractivity contribution in [2.24, 2.45) is 5.73 Å². The van der Waals surface area contributed by atoms with E-state index < -0.39 is 22.0 Å². The van der Waals surface area contributed by atoms with E-state index in [1.165, 1.54) is 12.1 Å². The van der Waals surface area contributed by atoms with Crippen LogP contribution in [0.1, 0.15) is 17.2 Å². The summed E-state index contributed by atoms with van der Waals surface area (Å²) in [7, 11) is -4.00. The van der Waals surface area contributed by atoms with Crippen LogP contribution in [-0.4, -0.2) is 18.6 Å².